The molecule has 2 aromatic heterocycles. The van der Waals surface area contributed by atoms with Gasteiger partial charge in [-0.2, -0.15) is 10.4 Å². The Labute approximate surface area is 167 Å². The van der Waals surface area contributed by atoms with Crippen LogP contribution in [0.1, 0.15) is 16.8 Å². The second-order valence-electron chi connectivity index (χ2n) is 6.56. The van der Waals surface area contributed by atoms with Gasteiger partial charge in [-0.05, 0) is 42.8 Å². The predicted molar refractivity (Wildman–Crippen MR) is 110 cm³/mol. The van der Waals surface area contributed by atoms with Crippen LogP contribution in [0.15, 0.2) is 54.7 Å². The number of fused-ring (bicyclic) bond motifs is 1. The molecule has 0 unspecified atom stereocenters. The topological polar surface area (TPSA) is 99.0 Å². The summed E-state index contributed by atoms with van der Waals surface area (Å²) in [7, 11) is 1.64. The molecule has 0 aliphatic rings. The van der Waals surface area contributed by atoms with E-state index in [2.05, 4.69) is 16.2 Å². The molecule has 0 aliphatic carbocycles. The summed E-state index contributed by atoms with van der Waals surface area (Å²) in [5.74, 6) is 1.97. The minimum Gasteiger partial charge on any atom is -0.497 e. The first-order valence-electron chi connectivity index (χ1n) is 9.01. The third-order valence-corrected chi connectivity index (χ3v) is 4.63. The third-order valence-electron chi connectivity index (χ3n) is 4.63. The van der Waals surface area contributed by atoms with Crippen molar-refractivity contribution in [1.29, 1.82) is 5.26 Å². The fourth-order valence-electron chi connectivity index (χ4n) is 3.17. The first-order chi connectivity index (χ1) is 14.1. The van der Waals surface area contributed by atoms with Gasteiger partial charge in [-0.25, -0.2) is 9.67 Å². The number of nitrogens with zero attached hydrogens (tertiary/aromatic N) is 4. The Morgan fingerprint density at radius 3 is 2.59 bits per heavy atom. The molecule has 0 saturated carbocycles. The zero-order chi connectivity index (χ0) is 20.4. The average molecular weight is 385 g/mol. The Morgan fingerprint density at radius 1 is 1.10 bits per heavy atom. The normalized spacial score (nSPS) is 10.7. The fourth-order valence-corrected chi connectivity index (χ4v) is 3.17. The molecule has 29 heavy (non-hydrogen) atoms. The summed E-state index contributed by atoms with van der Waals surface area (Å²) in [6.07, 6.45) is 1.69. The van der Waals surface area contributed by atoms with E-state index in [4.69, 9.17) is 15.2 Å². The summed E-state index contributed by atoms with van der Waals surface area (Å²) in [6.45, 7) is 2.50. The van der Waals surface area contributed by atoms with E-state index >= 15 is 0 Å². The highest BCUT2D eigenvalue weighted by atomic mass is 16.5. The molecule has 0 radical (unpaired) electrons. The van der Waals surface area contributed by atoms with Gasteiger partial charge >= 0.3 is 0 Å². The molecule has 0 saturated heterocycles. The van der Waals surface area contributed by atoms with Gasteiger partial charge in [0.1, 0.15) is 23.3 Å². The number of hydrogen-bond donors (Lipinski definition) is 1. The van der Waals surface area contributed by atoms with Gasteiger partial charge in [-0.1, -0.05) is 12.1 Å². The summed E-state index contributed by atoms with van der Waals surface area (Å²) in [5, 5.41) is 14.7. The van der Waals surface area contributed by atoms with Crippen molar-refractivity contribution >= 4 is 16.7 Å². The molecular weight excluding hydrogens is 366 g/mol. The molecule has 0 fully saturated rings. The molecule has 0 amide bonds. The molecule has 2 N–H and O–H groups in total. The Balaban J connectivity index is 1.69. The van der Waals surface area contributed by atoms with Gasteiger partial charge in [0.2, 0.25) is 0 Å². The summed E-state index contributed by atoms with van der Waals surface area (Å²) < 4.78 is 13.1. The lowest BCUT2D eigenvalue weighted by molar-refractivity contribution is 0.414. The molecule has 4 aromatic rings. The summed E-state index contributed by atoms with van der Waals surface area (Å²) in [4.78, 5) is 4.51. The monoisotopic (exact) mass is 385 g/mol. The Bertz CT molecular complexity index is 1220. The largest absolute Gasteiger partial charge is 0.497 e. The van der Waals surface area contributed by atoms with Crippen molar-refractivity contribution in [2.45, 2.75) is 13.5 Å². The van der Waals surface area contributed by atoms with Crippen LogP contribution in [0.25, 0.3) is 11.0 Å². The van der Waals surface area contributed by atoms with Crippen LogP contribution < -0.4 is 15.2 Å². The first kappa shape index (κ1) is 18.3. The number of pyridine rings is 1. The molecule has 144 valence electrons. The summed E-state index contributed by atoms with van der Waals surface area (Å²) in [6, 6.07) is 16.7. The van der Waals surface area contributed by atoms with E-state index in [1.54, 1.807) is 37.6 Å². The number of ether oxygens (including phenoxy) is 2. The number of hydrogen-bond acceptors (Lipinski definition) is 6. The van der Waals surface area contributed by atoms with E-state index in [1.165, 1.54) is 0 Å². The number of methoxy groups -OCH3 is 1. The van der Waals surface area contributed by atoms with Crippen LogP contribution in [0, 0.1) is 18.3 Å². The number of benzene rings is 2. The maximum Gasteiger partial charge on any atom is 0.162 e. The predicted octanol–water partition coefficient (Wildman–Crippen LogP) is 4.04. The van der Waals surface area contributed by atoms with Gasteiger partial charge in [-0.3, -0.25) is 0 Å². The molecule has 2 heterocycles. The van der Waals surface area contributed by atoms with Crippen molar-refractivity contribution in [3.05, 3.63) is 71.5 Å². The van der Waals surface area contributed by atoms with E-state index in [1.807, 2.05) is 35.9 Å². The van der Waals surface area contributed by atoms with Crippen LogP contribution in [0.2, 0.25) is 0 Å². The fraction of sp³-hybridized carbons (Fsp3) is 0.136. The highest BCUT2D eigenvalue weighted by Crippen LogP contribution is 2.32. The van der Waals surface area contributed by atoms with E-state index in [-0.39, 0.29) is 0 Å². The number of nitrogens with two attached hydrogens (primary N) is 1. The molecule has 7 nitrogen and oxygen atoms in total. The Morgan fingerprint density at radius 2 is 1.86 bits per heavy atom. The van der Waals surface area contributed by atoms with Crippen molar-refractivity contribution < 1.29 is 9.47 Å². The second-order valence-corrected chi connectivity index (χ2v) is 6.56. The van der Waals surface area contributed by atoms with Gasteiger partial charge < -0.3 is 15.2 Å². The SMILES string of the molecule is COc1ccc(Cn2nc(C)c3c(Oc4ccc(N)c(C#N)c4)ccnc32)cc1. The van der Waals surface area contributed by atoms with Crippen molar-refractivity contribution in [2.24, 2.45) is 0 Å². The average Bonchev–Trinajstić information content (AvgIpc) is 3.06. The van der Waals surface area contributed by atoms with Gasteiger partial charge in [0, 0.05) is 18.0 Å². The lowest BCUT2D eigenvalue weighted by atomic mass is 10.2. The van der Waals surface area contributed by atoms with Crippen LogP contribution in [0.4, 0.5) is 5.69 Å². The minimum atomic E-state index is 0.375. The van der Waals surface area contributed by atoms with Crippen molar-refractivity contribution in [3.63, 3.8) is 0 Å². The van der Waals surface area contributed by atoms with Gasteiger partial charge in [0.05, 0.1) is 30.3 Å². The van der Waals surface area contributed by atoms with E-state index in [9.17, 15) is 5.26 Å². The van der Waals surface area contributed by atoms with Crippen LogP contribution in [-0.2, 0) is 6.54 Å². The molecule has 0 aliphatic heterocycles. The molecule has 0 bridgehead atoms. The first-order valence-corrected chi connectivity index (χ1v) is 9.01. The Hall–Kier alpha value is -4.05. The summed E-state index contributed by atoms with van der Waals surface area (Å²) >= 11 is 0. The number of aryl methyl sites for hydroxylation is 1. The zero-order valence-corrected chi connectivity index (χ0v) is 16.1. The van der Waals surface area contributed by atoms with E-state index in [0.29, 0.717) is 29.3 Å². The number of anilines is 1. The molecule has 4 rings (SSSR count). The van der Waals surface area contributed by atoms with Crippen LogP contribution >= 0.6 is 0 Å². The highest BCUT2D eigenvalue weighted by Gasteiger charge is 2.15. The molecular formula is C22H19N5O2. The van der Waals surface area contributed by atoms with E-state index < -0.39 is 0 Å². The second kappa shape index (κ2) is 7.52. The van der Waals surface area contributed by atoms with Crippen LogP contribution in [0.5, 0.6) is 17.2 Å². The minimum absolute atomic E-state index is 0.375. The zero-order valence-electron chi connectivity index (χ0n) is 16.1. The Kier molecular flexibility index (Phi) is 4.75. The van der Waals surface area contributed by atoms with Gasteiger partial charge in [0.25, 0.3) is 0 Å². The molecule has 2 aromatic carbocycles. The maximum absolute atomic E-state index is 9.18. The van der Waals surface area contributed by atoms with Crippen LogP contribution in [0.3, 0.4) is 0 Å². The molecule has 7 heteroatoms. The number of nitrogen functional groups attached to an aromatic ring is 1. The number of rotatable bonds is 5. The molecule has 0 atom stereocenters. The van der Waals surface area contributed by atoms with Gasteiger partial charge in [0.15, 0.2) is 5.65 Å². The van der Waals surface area contributed by atoms with Crippen molar-refractivity contribution in [2.75, 3.05) is 12.8 Å². The van der Waals surface area contributed by atoms with Crippen LogP contribution in [-0.4, -0.2) is 21.9 Å². The summed E-state index contributed by atoms with van der Waals surface area (Å²) in [5.41, 5.74) is 9.21. The lowest BCUT2D eigenvalue weighted by Crippen LogP contribution is -2.02. The third kappa shape index (κ3) is 3.56. The number of nitriles is 1. The highest BCUT2D eigenvalue weighted by molar-refractivity contribution is 5.85. The van der Waals surface area contributed by atoms with Crippen molar-refractivity contribution in [3.8, 4) is 23.3 Å². The number of aromatic nitrogens is 3. The maximum atomic E-state index is 9.18. The smallest absolute Gasteiger partial charge is 0.162 e. The molecule has 0 spiro atoms. The van der Waals surface area contributed by atoms with E-state index in [0.717, 1.165) is 28.0 Å². The van der Waals surface area contributed by atoms with Gasteiger partial charge in [-0.15, -0.1) is 0 Å². The quantitative estimate of drug-likeness (QED) is 0.521. The van der Waals surface area contributed by atoms with Crippen molar-refractivity contribution in [1.82, 2.24) is 14.8 Å². The lowest BCUT2D eigenvalue weighted by Gasteiger charge is -2.09. The standard InChI is InChI=1S/C22H19N5O2/c1-14-21-20(29-18-7-8-19(24)16(11-18)12-23)9-10-25-22(21)27(26-14)13-15-3-5-17(28-2)6-4-15/h3-11H,13,24H2,1-2H3.